The second kappa shape index (κ2) is 4.23. The third kappa shape index (κ3) is 2.18. The molecule has 0 saturated carbocycles. The molecule has 1 atom stereocenters. The number of para-hydroxylation sites is 2. The molecule has 0 radical (unpaired) electrons. The Bertz CT molecular complexity index is 275. The minimum Gasteiger partial charge on any atom is -0.355 e. The molecule has 0 aromatic heterocycles. The van der Waals surface area contributed by atoms with E-state index in [0.717, 1.165) is 16.9 Å². The monoisotopic (exact) mass is 182 g/mol. The van der Waals surface area contributed by atoms with Crippen LogP contribution < -0.4 is 16.1 Å². The van der Waals surface area contributed by atoms with Gasteiger partial charge in [-0.05, 0) is 13.0 Å². The summed E-state index contributed by atoms with van der Waals surface area (Å²) in [6.07, 6.45) is -0.0684. The number of quaternary nitrogens is 1. The third-order valence-electron chi connectivity index (χ3n) is 2.07. The van der Waals surface area contributed by atoms with Crippen LogP contribution in [0.25, 0.3) is 0 Å². The fraction of sp³-hybridized carbons (Fsp3) is 0.333. The first kappa shape index (κ1) is 9.98. The van der Waals surface area contributed by atoms with Gasteiger partial charge in [-0.3, -0.25) is 0 Å². The van der Waals surface area contributed by atoms with E-state index in [1.807, 2.05) is 43.1 Å². The van der Waals surface area contributed by atoms with Crippen LogP contribution >= 0.6 is 0 Å². The molecule has 1 unspecified atom stereocenters. The van der Waals surface area contributed by atoms with Crippen LogP contribution in [0.3, 0.4) is 0 Å². The normalized spacial score (nSPS) is 12.6. The summed E-state index contributed by atoms with van der Waals surface area (Å²) < 4.78 is 0. The molecule has 4 heteroatoms. The van der Waals surface area contributed by atoms with Gasteiger partial charge in [0.05, 0.1) is 6.17 Å². The summed E-state index contributed by atoms with van der Waals surface area (Å²) in [4.78, 5) is 1.90. The van der Waals surface area contributed by atoms with Gasteiger partial charge in [0.2, 0.25) is 0 Å². The number of nitrogens with zero attached hydrogens (tertiary/aromatic N) is 1. The molecule has 4 nitrogen and oxygen atoms in total. The highest BCUT2D eigenvalue weighted by molar-refractivity contribution is 5.62. The maximum atomic E-state index is 8.96. The zero-order chi connectivity index (χ0) is 9.84. The Morgan fingerprint density at radius 3 is 2.62 bits per heavy atom. The van der Waals surface area contributed by atoms with Crippen molar-refractivity contribution in [1.29, 1.82) is 0 Å². The lowest BCUT2D eigenvalue weighted by Gasteiger charge is -2.23. The molecule has 0 heterocycles. The number of nitrogens with two attached hydrogens (primary N) is 2. The predicted octanol–water partition coefficient (Wildman–Crippen LogP) is 0.0116. The van der Waals surface area contributed by atoms with Crippen molar-refractivity contribution in [2.45, 2.75) is 13.1 Å². The van der Waals surface area contributed by atoms with Crippen LogP contribution in [-0.2, 0) is 0 Å². The fourth-order valence-electron chi connectivity index (χ4n) is 1.14. The number of hydrogen-bond acceptors (Lipinski definition) is 3. The van der Waals surface area contributed by atoms with Crippen molar-refractivity contribution in [1.82, 2.24) is 0 Å². The van der Waals surface area contributed by atoms with Gasteiger partial charge in [0.1, 0.15) is 5.69 Å². The summed E-state index contributed by atoms with van der Waals surface area (Å²) in [6.45, 7) is 1.90. The van der Waals surface area contributed by atoms with E-state index in [2.05, 4.69) is 0 Å². The van der Waals surface area contributed by atoms with E-state index in [9.17, 15) is 0 Å². The van der Waals surface area contributed by atoms with Gasteiger partial charge in [-0.25, -0.2) is 5.21 Å². The summed E-state index contributed by atoms with van der Waals surface area (Å²) >= 11 is 0. The molecule has 5 N–H and O–H groups in total. The van der Waals surface area contributed by atoms with Crippen molar-refractivity contribution in [3.05, 3.63) is 24.3 Å². The summed E-state index contributed by atoms with van der Waals surface area (Å²) in [7, 11) is 1.90. The van der Waals surface area contributed by atoms with Crippen LogP contribution in [0.4, 0.5) is 11.4 Å². The number of benzene rings is 1. The van der Waals surface area contributed by atoms with Crippen LogP contribution in [0, 0.1) is 0 Å². The molecule has 0 bridgehead atoms. The lowest BCUT2D eigenvalue weighted by Crippen LogP contribution is -2.74. The first-order valence-electron chi connectivity index (χ1n) is 4.21. The highest BCUT2D eigenvalue weighted by Gasteiger charge is 2.11. The van der Waals surface area contributed by atoms with Crippen LogP contribution in [-0.4, -0.2) is 18.4 Å². The van der Waals surface area contributed by atoms with E-state index in [-0.39, 0.29) is 6.17 Å². The van der Waals surface area contributed by atoms with E-state index in [4.69, 9.17) is 10.9 Å². The van der Waals surface area contributed by atoms with Gasteiger partial charge >= 0.3 is 0 Å². The van der Waals surface area contributed by atoms with Crippen molar-refractivity contribution in [3.63, 3.8) is 0 Å². The molecule has 0 aliphatic carbocycles. The summed E-state index contributed by atoms with van der Waals surface area (Å²) in [5, 5.41) is 8.96. The fourth-order valence-corrected chi connectivity index (χ4v) is 1.14. The Kier molecular flexibility index (Phi) is 3.25. The van der Waals surface area contributed by atoms with Crippen molar-refractivity contribution in [2.24, 2.45) is 5.73 Å². The van der Waals surface area contributed by atoms with Crippen molar-refractivity contribution < 1.29 is 10.7 Å². The topological polar surface area (TPSA) is 66.1 Å². The van der Waals surface area contributed by atoms with E-state index in [0.29, 0.717) is 0 Å². The van der Waals surface area contributed by atoms with Gasteiger partial charge in [0, 0.05) is 13.1 Å². The summed E-state index contributed by atoms with van der Waals surface area (Å²) in [5.41, 5.74) is 8.52. The predicted molar refractivity (Wildman–Crippen MR) is 51.9 cm³/mol. The number of hydrogen-bond donors (Lipinski definition) is 3. The van der Waals surface area contributed by atoms with E-state index >= 15 is 0 Å². The zero-order valence-electron chi connectivity index (χ0n) is 7.94. The Morgan fingerprint density at radius 1 is 1.46 bits per heavy atom. The Balaban J connectivity index is 2.98. The maximum absolute atomic E-state index is 8.96. The number of rotatable bonds is 3. The first-order chi connectivity index (χ1) is 6.16. The second-order valence-corrected chi connectivity index (χ2v) is 3.04. The van der Waals surface area contributed by atoms with E-state index < -0.39 is 0 Å². The van der Waals surface area contributed by atoms with Crippen LogP contribution in [0.2, 0.25) is 0 Å². The molecule has 13 heavy (non-hydrogen) atoms. The lowest BCUT2D eigenvalue weighted by molar-refractivity contribution is -0.825. The molecule has 0 fully saturated rings. The van der Waals surface area contributed by atoms with E-state index in [1.165, 1.54) is 0 Å². The molecular weight excluding hydrogens is 166 g/mol. The van der Waals surface area contributed by atoms with Gasteiger partial charge in [-0.1, -0.05) is 12.1 Å². The molecule has 72 valence electrons. The van der Waals surface area contributed by atoms with Crippen LogP contribution in [0.15, 0.2) is 24.3 Å². The average molecular weight is 182 g/mol. The van der Waals surface area contributed by atoms with Gasteiger partial charge in [0.15, 0.2) is 5.69 Å². The molecule has 0 aliphatic heterocycles. The summed E-state index contributed by atoms with van der Waals surface area (Å²) in [6, 6.07) is 7.56. The number of anilines is 1. The van der Waals surface area contributed by atoms with Crippen molar-refractivity contribution in [2.75, 3.05) is 11.9 Å². The minimum atomic E-state index is -0.0684. The lowest BCUT2D eigenvalue weighted by atomic mass is 10.2. The van der Waals surface area contributed by atoms with Gasteiger partial charge in [-0.2, -0.15) is 5.48 Å². The first-order valence-corrected chi connectivity index (χ1v) is 4.21. The Labute approximate surface area is 77.9 Å². The van der Waals surface area contributed by atoms with Gasteiger partial charge in [0.25, 0.3) is 0 Å². The van der Waals surface area contributed by atoms with Crippen molar-refractivity contribution >= 4 is 11.4 Å². The van der Waals surface area contributed by atoms with Crippen LogP contribution in [0.5, 0.6) is 0 Å². The molecule has 0 spiro atoms. The molecular formula is C9H16N3O+. The molecule has 0 saturated heterocycles. The average Bonchev–Trinajstić information content (AvgIpc) is 2.16. The molecule has 1 aromatic rings. The van der Waals surface area contributed by atoms with Gasteiger partial charge < -0.3 is 10.6 Å². The summed E-state index contributed by atoms with van der Waals surface area (Å²) in [5.74, 6) is 0. The highest BCUT2D eigenvalue weighted by Crippen LogP contribution is 2.20. The van der Waals surface area contributed by atoms with E-state index in [1.54, 1.807) is 0 Å². The SMILES string of the molecule is CC(N)N(C)c1ccccc1[NH2+]O. The molecule has 0 amide bonds. The third-order valence-corrected chi connectivity index (χ3v) is 2.07. The Hall–Kier alpha value is -1.10. The molecule has 1 aromatic carbocycles. The highest BCUT2D eigenvalue weighted by atomic mass is 16.5. The van der Waals surface area contributed by atoms with Crippen LogP contribution in [0.1, 0.15) is 6.92 Å². The molecule has 1 rings (SSSR count). The van der Waals surface area contributed by atoms with Crippen molar-refractivity contribution in [3.8, 4) is 0 Å². The van der Waals surface area contributed by atoms with Gasteiger partial charge in [-0.15, -0.1) is 0 Å². The largest absolute Gasteiger partial charge is 0.355 e. The Morgan fingerprint density at radius 2 is 2.08 bits per heavy atom. The molecule has 0 aliphatic rings. The second-order valence-electron chi connectivity index (χ2n) is 3.04. The quantitative estimate of drug-likeness (QED) is 0.350. The zero-order valence-corrected chi connectivity index (χ0v) is 7.94. The minimum absolute atomic E-state index is 0.0684. The standard InChI is InChI=1S/C9H15N3O/c1-7(10)12(2)9-6-4-3-5-8(9)11-13/h3-7,11,13H,10H2,1-2H3/p+1. The maximum Gasteiger partial charge on any atom is 0.185 e. The smallest absolute Gasteiger partial charge is 0.185 e.